The van der Waals surface area contributed by atoms with Crippen LogP contribution in [-0.4, -0.2) is 44.5 Å². The first-order valence-electron chi connectivity index (χ1n) is 8.93. The Bertz CT molecular complexity index is 645. The zero-order chi connectivity index (χ0) is 17.5. The third kappa shape index (κ3) is 4.40. The summed E-state index contributed by atoms with van der Waals surface area (Å²) in [5, 5.41) is 0. The molecule has 1 aliphatic heterocycles. The van der Waals surface area contributed by atoms with Crippen molar-refractivity contribution in [3.05, 3.63) is 65.7 Å². The first-order chi connectivity index (χ1) is 12.3. The molecule has 3 rings (SSSR count). The molecule has 1 fully saturated rings. The molecule has 0 spiro atoms. The van der Waals surface area contributed by atoms with Crippen LogP contribution in [0.4, 0.5) is 0 Å². The van der Waals surface area contributed by atoms with Crippen molar-refractivity contribution in [3.8, 4) is 5.75 Å². The van der Waals surface area contributed by atoms with E-state index >= 15 is 0 Å². The van der Waals surface area contributed by atoms with Crippen LogP contribution in [0.2, 0.25) is 0 Å². The normalized spacial score (nSPS) is 21.2. The van der Waals surface area contributed by atoms with Gasteiger partial charge in [0.2, 0.25) is 0 Å². The first kappa shape index (κ1) is 17.9. The number of methoxy groups -OCH3 is 1. The minimum Gasteiger partial charge on any atom is -0.494 e. The highest BCUT2D eigenvalue weighted by Gasteiger charge is 2.33. The van der Waals surface area contributed by atoms with Crippen LogP contribution in [0.5, 0.6) is 5.75 Å². The van der Waals surface area contributed by atoms with E-state index in [0.717, 1.165) is 18.8 Å². The summed E-state index contributed by atoms with van der Waals surface area (Å²) < 4.78 is 17.3. The van der Waals surface area contributed by atoms with Gasteiger partial charge in [-0.25, -0.2) is 0 Å². The number of nitrogens with zero attached hydrogens (tertiary/aromatic N) is 1. The van der Waals surface area contributed by atoms with Gasteiger partial charge >= 0.3 is 0 Å². The van der Waals surface area contributed by atoms with Crippen LogP contribution in [0.1, 0.15) is 24.1 Å². The highest BCUT2D eigenvalue weighted by atomic mass is 16.5. The van der Waals surface area contributed by atoms with Crippen LogP contribution in [0.3, 0.4) is 0 Å². The van der Waals surface area contributed by atoms with Crippen LogP contribution in [0, 0.1) is 0 Å². The number of hydrogen-bond donors (Lipinski definition) is 0. The van der Waals surface area contributed by atoms with Crippen LogP contribution >= 0.6 is 0 Å². The highest BCUT2D eigenvalue weighted by molar-refractivity contribution is 5.33. The number of morpholine rings is 1. The quantitative estimate of drug-likeness (QED) is 0.769. The molecule has 0 bridgehead atoms. The molecule has 2 atom stereocenters. The molecule has 4 heteroatoms. The molecule has 2 aromatic rings. The van der Waals surface area contributed by atoms with Crippen molar-refractivity contribution in [2.45, 2.75) is 25.6 Å². The Labute approximate surface area is 150 Å². The SMILES string of the molecule is CCOc1ccccc1CN1CCO[C@@H](COC)[C@@H]1c1ccccc1. The molecule has 1 saturated heterocycles. The topological polar surface area (TPSA) is 30.9 Å². The van der Waals surface area contributed by atoms with Crippen molar-refractivity contribution in [1.82, 2.24) is 4.90 Å². The fraction of sp³-hybridized carbons (Fsp3) is 0.429. The average Bonchev–Trinajstić information content (AvgIpc) is 2.65. The monoisotopic (exact) mass is 341 g/mol. The summed E-state index contributed by atoms with van der Waals surface area (Å²) in [6, 6.07) is 19.0. The second-order valence-corrected chi connectivity index (χ2v) is 6.23. The van der Waals surface area contributed by atoms with Crippen LogP contribution in [0.15, 0.2) is 54.6 Å². The van der Waals surface area contributed by atoms with Gasteiger partial charge in [0.1, 0.15) is 11.9 Å². The van der Waals surface area contributed by atoms with E-state index in [1.807, 2.05) is 25.1 Å². The number of para-hydroxylation sites is 1. The molecule has 4 nitrogen and oxygen atoms in total. The summed E-state index contributed by atoms with van der Waals surface area (Å²) in [5.41, 5.74) is 2.47. The van der Waals surface area contributed by atoms with Gasteiger partial charge in [0, 0.05) is 25.8 Å². The minimum atomic E-state index is 0.0282. The van der Waals surface area contributed by atoms with E-state index in [0.29, 0.717) is 19.8 Å². The maximum absolute atomic E-state index is 6.03. The van der Waals surface area contributed by atoms with E-state index in [9.17, 15) is 0 Å². The summed E-state index contributed by atoms with van der Waals surface area (Å²) in [7, 11) is 1.73. The van der Waals surface area contributed by atoms with Gasteiger partial charge < -0.3 is 14.2 Å². The predicted octanol–water partition coefficient (Wildman–Crippen LogP) is 3.67. The lowest BCUT2D eigenvalue weighted by atomic mass is 9.97. The summed E-state index contributed by atoms with van der Waals surface area (Å²) in [6.07, 6.45) is 0.0282. The lowest BCUT2D eigenvalue weighted by Crippen LogP contribution is -2.46. The largest absolute Gasteiger partial charge is 0.494 e. The molecule has 0 aromatic heterocycles. The van der Waals surface area contributed by atoms with E-state index in [4.69, 9.17) is 14.2 Å². The number of hydrogen-bond acceptors (Lipinski definition) is 4. The van der Waals surface area contributed by atoms with Gasteiger partial charge in [0.15, 0.2) is 0 Å². The summed E-state index contributed by atoms with van der Waals surface area (Å²) >= 11 is 0. The van der Waals surface area contributed by atoms with E-state index < -0.39 is 0 Å². The van der Waals surface area contributed by atoms with Gasteiger partial charge in [-0.2, -0.15) is 0 Å². The molecule has 1 heterocycles. The standard InChI is InChI=1S/C21H27NO3/c1-3-24-19-12-8-7-11-18(19)15-22-13-14-25-20(16-23-2)21(22)17-9-5-4-6-10-17/h4-12,20-21H,3,13-16H2,1-2H3/t20-,21-/m0/s1. The van der Waals surface area contributed by atoms with Crippen molar-refractivity contribution >= 4 is 0 Å². The van der Waals surface area contributed by atoms with E-state index in [-0.39, 0.29) is 12.1 Å². The molecule has 2 aromatic carbocycles. The second-order valence-electron chi connectivity index (χ2n) is 6.23. The number of benzene rings is 2. The predicted molar refractivity (Wildman–Crippen MR) is 98.8 cm³/mol. The van der Waals surface area contributed by atoms with Crippen molar-refractivity contribution in [1.29, 1.82) is 0 Å². The molecule has 0 N–H and O–H groups in total. The number of rotatable bonds is 7. The van der Waals surface area contributed by atoms with Gasteiger partial charge in [0.25, 0.3) is 0 Å². The maximum Gasteiger partial charge on any atom is 0.123 e. The van der Waals surface area contributed by atoms with E-state index in [2.05, 4.69) is 41.3 Å². The lowest BCUT2D eigenvalue weighted by molar-refractivity contribution is -0.102. The zero-order valence-electron chi connectivity index (χ0n) is 15.1. The Morgan fingerprint density at radius 3 is 2.60 bits per heavy atom. The van der Waals surface area contributed by atoms with Crippen LogP contribution < -0.4 is 4.74 Å². The average molecular weight is 341 g/mol. The molecule has 0 saturated carbocycles. The van der Waals surface area contributed by atoms with E-state index in [1.165, 1.54) is 11.1 Å². The Morgan fingerprint density at radius 2 is 1.84 bits per heavy atom. The van der Waals surface area contributed by atoms with Gasteiger partial charge in [-0.3, -0.25) is 4.90 Å². The summed E-state index contributed by atoms with van der Waals surface area (Å²) in [6.45, 7) is 5.72. The fourth-order valence-corrected chi connectivity index (χ4v) is 3.49. The van der Waals surface area contributed by atoms with Crippen molar-refractivity contribution in [2.75, 3.05) is 33.5 Å². The zero-order valence-corrected chi connectivity index (χ0v) is 15.1. The molecular weight excluding hydrogens is 314 g/mol. The molecule has 1 aliphatic rings. The molecular formula is C21H27NO3. The smallest absolute Gasteiger partial charge is 0.123 e. The second kappa shape index (κ2) is 8.99. The minimum absolute atomic E-state index is 0.0282. The highest BCUT2D eigenvalue weighted by Crippen LogP contribution is 2.32. The maximum atomic E-state index is 6.03. The van der Waals surface area contributed by atoms with Crippen molar-refractivity contribution in [3.63, 3.8) is 0 Å². The van der Waals surface area contributed by atoms with Crippen LogP contribution in [-0.2, 0) is 16.0 Å². The molecule has 0 aliphatic carbocycles. The number of ether oxygens (including phenoxy) is 3. The Balaban J connectivity index is 1.87. The third-order valence-corrected chi connectivity index (χ3v) is 4.57. The lowest BCUT2D eigenvalue weighted by Gasteiger charge is -2.41. The van der Waals surface area contributed by atoms with Crippen LogP contribution in [0.25, 0.3) is 0 Å². The Hall–Kier alpha value is -1.88. The van der Waals surface area contributed by atoms with E-state index in [1.54, 1.807) is 7.11 Å². The molecule has 134 valence electrons. The van der Waals surface area contributed by atoms with Gasteiger partial charge in [0.05, 0.1) is 25.9 Å². The van der Waals surface area contributed by atoms with Crippen molar-refractivity contribution < 1.29 is 14.2 Å². The molecule has 25 heavy (non-hydrogen) atoms. The third-order valence-electron chi connectivity index (χ3n) is 4.57. The Morgan fingerprint density at radius 1 is 1.08 bits per heavy atom. The first-order valence-corrected chi connectivity index (χ1v) is 8.93. The van der Waals surface area contributed by atoms with Gasteiger partial charge in [-0.05, 0) is 18.6 Å². The Kier molecular flexibility index (Phi) is 6.45. The van der Waals surface area contributed by atoms with Gasteiger partial charge in [-0.15, -0.1) is 0 Å². The molecule has 0 unspecified atom stereocenters. The van der Waals surface area contributed by atoms with Crippen molar-refractivity contribution in [2.24, 2.45) is 0 Å². The fourth-order valence-electron chi connectivity index (χ4n) is 3.49. The summed E-state index contributed by atoms with van der Waals surface area (Å²) in [5.74, 6) is 0.964. The molecule has 0 amide bonds. The molecule has 0 radical (unpaired) electrons. The summed E-state index contributed by atoms with van der Waals surface area (Å²) in [4.78, 5) is 2.47. The van der Waals surface area contributed by atoms with Gasteiger partial charge in [-0.1, -0.05) is 48.5 Å².